The SMILES string of the molecule is Cc1ncc(-c2ccc(F)cc2)c(C2CCCN(Cc3ccnc4ccccc34)C2)n1. The van der Waals surface area contributed by atoms with Gasteiger partial charge in [0.2, 0.25) is 0 Å². The van der Waals surface area contributed by atoms with Gasteiger partial charge in [-0.05, 0) is 61.7 Å². The van der Waals surface area contributed by atoms with Gasteiger partial charge in [-0.1, -0.05) is 30.3 Å². The van der Waals surface area contributed by atoms with E-state index in [-0.39, 0.29) is 5.82 Å². The van der Waals surface area contributed by atoms with Gasteiger partial charge < -0.3 is 0 Å². The van der Waals surface area contributed by atoms with Crippen molar-refractivity contribution in [3.8, 4) is 11.1 Å². The fraction of sp³-hybridized carbons (Fsp3) is 0.269. The number of aryl methyl sites for hydroxylation is 1. The molecule has 4 nitrogen and oxygen atoms in total. The molecule has 3 heterocycles. The molecule has 2 aromatic heterocycles. The Morgan fingerprint density at radius 2 is 1.87 bits per heavy atom. The van der Waals surface area contributed by atoms with Crippen LogP contribution in [0.3, 0.4) is 0 Å². The molecule has 31 heavy (non-hydrogen) atoms. The van der Waals surface area contributed by atoms with Crippen molar-refractivity contribution in [1.29, 1.82) is 0 Å². The Morgan fingerprint density at radius 1 is 1.03 bits per heavy atom. The minimum absolute atomic E-state index is 0.230. The molecule has 0 bridgehead atoms. The number of fused-ring (bicyclic) bond motifs is 1. The van der Waals surface area contributed by atoms with Gasteiger partial charge in [0, 0.05) is 42.4 Å². The minimum Gasteiger partial charge on any atom is -0.298 e. The number of hydrogen-bond donors (Lipinski definition) is 0. The van der Waals surface area contributed by atoms with Crippen molar-refractivity contribution >= 4 is 10.9 Å². The van der Waals surface area contributed by atoms with Crippen LogP contribution in [-0.2, 0) is 6.54 Å². The maximum absolute atomic E-state index is 13.4. The molecule has 1 fully saturated rings. The number of pyridine rings is 1. The first-order valence-electron chi connectivity index (χ1n) is 10.8. The number of halogens is 1. The van der Waals surface area contributed by atoms with E-state index < -0.39 is 0 Å². The average molecular weight is 413 g/mol. The monoisotopic (exact) mass is 412 g/mol. The lowest BCUT2D eigenvalue weighted by molar-refractivity contribution is 0.199. The molecule has 156 valence electrons. The maximum Gasteiger partial charge on any atom is 0.125 e. The van der Waals surface area contributed by atoms with Crippen LogP contribution >= 0.6 is 0 Å². The third kappa shape index (κ3) is 4.19. The van der Waals surface area contributed by atoms with Gasteiger partial charge in [-0.3, -0.25) is 9.88 Å². The van der Waals surface area contributed by atoms with Crippen LogP contribution in [0.2, 0.25) is 0 Å². The predicted molar refractivity (Wildman–Crippen MR) is 121 cm³/mol. The Labute approximate surface area is 181 Å². The molecule has 0 spiro atoms. The van der Waals surface area contributed by atoms with E-state index in [1.165, 1.54) is 23.1 Å². The van der Waals surface area contributed by atoms with Crippen molar-refractivity contribution < 1.29 is 4.39 Å². The standard InChI is InChI=1S/C26H25FN4/c1-18-29-15-24(19-8-10-22(27)11-9-19)26(30-18)21-5-4-14-31(17-21)16-20-12-13-28-25-7-3-2-6-23(20)25/h2-3,6-13,15,21H,4-5,14,16-17H2,1H3. The molecule has 1 atom stereocenters. The van der Waals surface area contributed by atoms with Crippen LogP contribution in [0.15, 0.2) is 67.0 Å². The highest BCUT2D eigenvalue weighted by Crippen LogP contribution is 2.34. The molecular formula is C26H25FN4. The first-order valence-corrected chi connectivity index (χ1v) is 10.8. The van der Waals surface area contributed by atoms with E-state index in [0.29, 0.717) is 5.92 Å². The fourth-order valence-corrected chi connectivity index (χ4v) is 4.61. The zero-order valence-corrected chi connectivity index (χ0v) is 17.6. The Bertz CT molecular complexity index is 1200. The smallest absolute Gasteiger partial charge is 0.125 e. The fourth-order valence-electron chi connectivity index (χ4n) is 4.61. The molecule has 0 amide bonds. The second kappa shape index (κ2) is 8.52. The number of likely N-dealkylation sites (tertiary alicyclic amines) is 1. The molecule has 0 N–H and O–H groups in total. The molecule has 4 aromatic rings. The van der Waals surface area contributed by atoms with Gasteiger partial charge in [-0.25, -0.2) is 14.4 Å². The summed E-state index contributed by atoms with van der Waals surface area (Å²) in [4.78, 5) is 16.3. The number of piperidine rings is 1. The Balaban J connectivity index is 1.43. The number of hydrogen-bond acceptors (Lipinski definition) is 4. The lowest BCUT2D eigenvalue weighted by Gasteiger charge is -2.33. The van der Waals surface area contributed by atoms with E-state index in [4.69, 9.17) is 4.98 Å². The van der Waals surface area contributed by atoms with Crippen LogP contribution in [0.5, 0.6) is 0 Å². The molecule has 2 aromatic carbocycles. The highest BCUT2D eigenvalue weighted by Gasteiger charge is 2.26. The summed E-state index contributed by atoms with van der Waals surface area (Å²) in [5.41, 5.74) is 5.39. The van der Waals surface area contributed by atoms with Crippen molar-refractivity contribution in [2.75, 3.05) is 13.1 Å². The van der Waals surface area contributed by atoms with Crippen LogP contribution in [-0.4, -0.2) is 32.9 Å². The van der Waals surface area contributed by atoms with Crippen molar-refractivity contribution in [3.63, 3.8) is 0 Å². The van der Waals surface area contributed by atoms with E-state index in [2.05, 4.69) is 39.1 Å². The second-order valence-corrected chi connectivity index (χ2v) is 8.28. The zero-order valence-electron chi connectivity index (χ0n) is 17.6. The molecule has 5 heteroatoms. The molecule has 1 aliphatic heterocycles. The summed E-state index contributed by atoms with van der Waals surface area (Å²) >= 11 is 0. The summed E-state index contributed by atoms with van der Waals surface area (Å²) in [6.45, 7) is 4.85. The maximum atomic E-state index is 13.4. The van der Waals surface area contributed by atoms with Crippen LogP contribution in [0, 0.1) is 12.7 Å². The van der Waals surface area contributed by atoms with Crippen molar-refractivity contribution in [1.82, 2.24) is 19.9 Å². The largest absolute Gasteiger partial charge is 0.298 e. The van der Waals surface area contributed by atoms with E-state index in [9.17, 15) is 4.39 Å². The summed E-state index contributed by atoms with van der Waals surface area (Å²) in [7, 11) is 0. The third-order valence-electron chi connectivity index (χ3n) is 6.12. The Kier molecular flexibility index (Phi) is 5.43. The lowest BCUT2D eigenvalue weighted by Crippen LogP contribution is -2.34. The Morgan fingerprint density at radius 3 is 2.74 bits per heavy atom. The normalized spacial score (nSPS) is 17.2. The zero-order chi connectivity index (χ0) is 21.2. The van der Waals surface area contributed by atoms with Gasteiger partial charge in [-0.2, -0.15) is 0 Å². The Hall–Kier alpha value is -3.18. The van der Waals surface area contributed by atoms with Crippen LogP contribution in [0.4, 0.5) is 4.39 Å². The van der Waals surface area contributed by atoms with E-state index in [0.717, 1.165) is 60.6 Å². The number of nitrogens with zero attached hydrogens (tertiary/aromatic N) is 4. The molecule has 1 aliphatic rings. The number of aromatic nitrogens is 3. The number of rotatable bonds is 4. The van der Waals surface area contributed by atoms with E-state index in [1.807, 2.05) is 37.5 Å². The quantitative estimate of drug-likeness (QED) is 0.443. The molecule has 0 aliphatic carbocycles. The van der Waals surface area contributed by atoms with Crippen LogP contribution in [0.25, 0.3) is 22.0 Å². The second-order valence-electron chi connectivity index (χ2n) is 8.28. The predicted octanol–water partition coefficient (Wildman–Crippen LogP) is 5.52. The van der Waals surface area contributed by atoms with Gasteiger partial charge in [-0.15, -0.1) is 0 Å². The average Bonchev–Trinajstić information content (AvgIpc) is 2.80. The summed E-state index contributed by atoms with van der Waals surface area (Å²) < 4.78 is 13.4. The van der Waals surface area contributed by atoms with Gasteiger partial charge in [0.1, 0.15) is 11.6 Å². The first-order chi connectivity index (χ1) is 15.2. The molecule has 0 saturated carbocycles. The highest BCUT2D eigenvalue weighted by molar-refractivity contribution is 5.81. The number of para-hydroxylation sites is 1. The summed E-state index contributed by atoms with van der Waals surface area (Å²) in [6, 6.07) is 17.1. The molecule has 5 rings (SSSR count). The van der Waals surface area contributed by atoms with Gasteiger partial charge in [0.15, 0.2) is 0 Å². The summed E-state index contributed by atoms with van der Waals surface area (Å²) in [6.07, 6.45) is 6.01. The highest BCUT2D eigenvalue weighted by atomic mass is 19.1. The van der Waals surface area contributed by atoms with Crippen molar-refractivity contribution in [3.05, 3.63) is 89.9 Å². The summed E-state index contributed by atoms with van der Waals surface area (Å²) in [5.74, 6) is 0.869. The third-order valence-corrected chi connectivity index (χ3v) is 6.12. The molecular weight excluding hydrogens is 387 g/mol. The molecule has 1 unspecified atom stereocenters. The van der Waals surface area contributed by atoms with Crippen molar-refractivity contribution in [2.45, 2.75) is 32.2 Å². The van der Waals surface area contributed by atoms with Crippen LogP contribution < -0.4 is 0 Å². The molecule has 0 radical (unpaired) electrons. The first kappa shape index (κ1) is 19.8. The molecule has 1 saturated heterocycles. The van der Waals surface area contributed by atoms with Gasteiger partial charge in [0.05, 0.1) is 11.2 Å². The van der Waals surface area contributed by atoms with E-state index >= 15 is 0 Å². The van der Waals surface area contributed by atoms with Gasteiger partial charge in [0.25, 0.3) is 0 Å². The lowest BCUT2D eigenvalue weighted by atomic mass is 9.89. The summed E-state index contributed by atoms with van der Waals surface area (Å²) in [5, 5.41) is 1.22. The van der Waals surface area contributed by atoms with Gasteiger partial charge >= 0.3 is 0 Å². The van der Waals surface area contributed by atoms with Crippen LogP contribution in [0.1, 0.15) is 35.8 Å². The minimum atomic E-state index is -0.230. The van der Waals surface area contributed by atoms with E-state index in [1.54, 1.807) is 0 Å². The number of benzene rings is 2. The topological polar surface area (TPSA) is 41.9 Å². The van der Waals surface area contributed by atoms with Crippen molar-refractivity contribution in [2.24, 2.45) is 0 Å².